The van der Waals surface area contributed by atoms with Gasteiger partial charge in [0, 0.05) is 6.42 Å². The van der Waals surface area contributed by atoms with E-state index in [0.29, 0.717) is 12.2 Å². The molecule has 1 rings (SSSR count). The van der Waals surface area contributed by atoms with E-state index in [9.17, 15) is 4.79 Å². The van der Waals surface area contributed by atoms with Gasteiger partial charge in [0.15, 0.2) is 5.78 Å². The van der Waals surface area contributed by atoms with Crippen LogP contribution in [-0.2, 0) is 4.79 Å². The van der Waals surface area contributed by atoms with E-state index in [1.807, 2.05) is 6.92 Å². The van der Waals surface area contributed by atoms with Crippen molar-refractivity contribution in [2.45, 2.75) is 46.0 Å². The number of Topliss-reactive ketones (excluding diaryl/α,β-unsaturated/α-hetero) is 1. The zero-order chi connectivity index (χ0) is 8.97. The van der Waals surface area contributed by atoms with E-state index in [1.165, 1.54) is 12.8 Å². The fourth-order valence-corrected chi connectivity index (χ4v) is 1.74. The van der Waals surface area contributed by atoms with E-state index >= 15 is 0 Å². The molecule has 1 heteroatoms. The number of carbonyl (C=O) groups excluding carboxylic acids is 1. The van der Waals surface area contributed by atoms with Crippen molar-refractivity contribution in [3.05, 3.63) is 11.6 Å². The molecule has 0 aromatic heterocycles. The molecule has 0 heterocycles. The molecule has 0 spiro atoms. The van der Waals surface area contributed by atoms with Gasteiger partial charge in [-0.1, -0.05) is 26.3 Å². The van der Waals surface area contributed by atoms with Gasteiger partial charge in [0.25, 0.3) is 0 Å². The molecule has 0 radical (unpaired) electrons. The fraction of sp³-hybridized carbons (Fsp3) is 0.727. The van der Waals surface area contributed by atoms with Crippen molar-refractivity contribution in [2.24, 2.45) is 5.92 Å². The molecule has 12 heavy (non-hydrogen) atoms. The first-order valence-corrected chi connectivity index (χ1v) is 5.00. The van der Waals surface area contributed by atoms with Crippen LogP contribution in [0, 0.1) is 5.92 Å². The van der Waals surface area contributed by atoms with Crippen molar-refractivity contribution >= 4 is 5.78 Å². The first kappa shape index (κ1) is 9.50. The third-order valence-corrected chi connectivity index (χ3v) is 2.78. The highest BCUT2D eigenvalue weighted by Crippen LogP contribution is 2.26. The molecular formula is C11H18O. The normalized spacial score (nSPS) is 23.5. The minimum Gasteiger partial charge on any atom is -0.295 e. The van der Waals surface area contributed by atoms with E-state index in [1.54, 1.807) is 0 Å². The van der Waals surface area contributed by atoms with Crippen LogP contribution < -0.4 is 0 Å². The standard InChI is InChI=1S/C11H18O/c1-3-9-5-7-10(8-6-9)11(12)4-2/h7,9H,3-6,8H2,1-2H3. The molecule has 0 aromatic carbocycles. The summed E-state index contributed by atoms with van der Waals surface area (Å²) in [6.07, 6.45) is 7.44. The molecule has 0 amide bonds. The minimum atomic E-state index is 0.351. The number of allylic oxidation sites excluding steroid dienone is 2. The minimum absolute atomic E-state index is 0.351. The average Bonchev–Trinajstić information content (AvgIpc) is 2.17. The summed E-state index contributed by atoms with van der Waals surface area (Å²) in [6.45, 7) is 4.17. The van der Waals surface area contributed by atoms with Gasteiger partial charge in [-0.2, -0.15) is 0 Å². The van der Waals surface area contributed by atoms with Crippen LogP contribution in [0.5, 0.6) is 0 Å². The molecule has 0 N–H and O–H groups in total. The Balaban J connectivity index is 2.49. The van der Waals surface area contributed by atoms with Gasteiger partial charge < -0.3 is 0 Å². The zero-order valence-corrected chi connectivity index (χ0v) is 8.10. The molecule has 0 fully saturated rings. The van der Waals surface area contributed by atoms with E-state index < -0.39 is 0 Å². The highest BCUT2D eigenvalue weighted by Gasteiger charge is 2.15. The summed E-state index contributed by atoms with van der Waals surface area (Å²) in [6, 6.07) is 0. The quantitative estimate of drug-likeness (QED) is 0.629. The molecule has 1 unspecified atom stereocenters. The first-order valence-electron chi connectivity index (χ1n) is 5.00. The van der Waals surface area contributed by atoms with E-state index in [4.69, 9.17) is 0 Å². The topological polar surface area (TPSA) is 17.1 Å². The summed E-state index contributed by atoms with van der Waals surface area (Å²) in [4.78, 5) is 11.3. The van der Waals surface area contributed by atoms with Crippen LogP contribution in [0.3, 0.4) is 0 Å². The Kier molecular flexibility index (Phi) is 3.51. The van der Waals surface area contributed by atoms with Crippen molar-refractivity contribution in [2.75, 3.05) is 0 Å². The maximum Gasteiger partial charge on any atom is 0.158 e. The van der Waals surface area contributed by atoms with Crippen LogP contribution >= 0.6 is 0 Å². The molecule has 0 aromatic rings. The lowest BCUT2D eigenvalue weighted by Crippen LogP contribution is -2.10. The number of ketones is 1. The SMILES string of the molecule is CCC(=O)C1=CCC(CC)CC1. The maximum atomic E-state index is 11.3. The van der Waals surface area contributed by atoms with Gasteiger partial charge in [0.1, 0.15) is 0 Å². The predicted octanol–water partition coefficient (Wildman–Crippen LogP) is 3.10. The van der Waals surface area contributed by atoms with Gasteiger partial charge in [-0.15, -0.1) is 0 Å². The average molecular weight is 166 g/mol. The van der Waals surface area contributed by atoms with Gasteiger partial charge in [-0.05, 0) is 30.8 Å². The Morgan fingerprint density at radius 1 is 1.58 bits per heavy atom. The number of rotatable bonds is 3. The molecule has 0 saturated carbocycles. The van der Waals surface area contributed by atoms with Crippen molar-refractivity contribution in [1.82, 2.24) is 0 Å². The number of carbonyl (C=O) groups is 1. The van der Waals surface area contributed by atoms with Crippen LogP contribution in [0.25, 0.3) is 0 Å². The van der Waals surface area contributed by atoms with Crippen molar-refractivity contribution in [3.8, 4) is 0 Å². The Hall–Kier alpha value is -0.590. The largest absolute Gasteiger partial charge is 0.295 e. The Labute approximate surface area is 74.9 Å². The van der Waals surface area contributed by atoms with Crippen molar-refractivity contribution in [3.63, 3.8) is 0 Å². The molecule has 1 nitrogen and oxygen atoms in total. The Bertz CT molecular complexity index is 191. The third-order valence-electron chi connectivity index (χ3n) is 2.78. The lowest BCUT2D eigenvalue weighted by atomic mass is 9.86. The van der Waals surface area contributed by atoms with Crippen LogP contribution in [0.4, 0.5) is 0 Å². The lowest BCUT2D eigenvalue weighted by Gasteiger charge is -2.19. The predicted molar refractivity (Wildman–Crippen MR) is 51.0 cm³/mol. The molecule has 0 bridgehead atoms. The second-order valence-corrected chi connectivity index (χ2v) is 3.55. The molecule has 68 valence electrons. The maximum absolute atomic E-state index is 11.3. The van der Waals surface area contributed by atoms with Gasteiger partial charge in [0.2, 0.25) is 0 Å². The van der Waals surface area contributed by atoms with E-state index in [0.717, 1.165) is 24.3 Å². The van der Waals surface area contributed by atoms with Gasteiger partial charge in [0.05, 0.1) is 0 Å². The van der Waals surface area contributed by atoms with Crippen molar-refractivity contribution < 1.29 is 4.79 Å². The van der Waals surface area contributed by atoms with Crippen LogP contribution in [-0.4, -0.2) is 5.78 Å². The second-order valence-electron chi connectivity index (χ2n) is 3.55. The molecule has 0 aliphatic heterocycles. The summed E-state index contributed by atoms with van der Waals surface area (Å²) >= 11 is 0. The molecule has 1 atom stereocenters. The van der Waals surface area contributed by atoms with Gasteiger partial charge in [-0.25, -0.2) is 0 Å². The van der Waals surface area contributed by atoms with Gasteiger partial charge in [-0.3, -0.25) is 4.79 Å². The molecule has 0 saturated heterocycles. The third kappa shape index (κ3) is 2.20. The molecular weight excluding hydrogens is 148 g/mol. The summed E-state index contributed by atoms with van der Waals surface area (Å²) in [5.74, 6) is 1.18. The lowest BCUT2D eigenvalue weighted by molar-refractivity contribution is -0.115. The van der Waals surface area contributed by atoms with Crippen LogP contribution in [0.2, 0.25) is 0 Å². The Morgan fingerprint density at radius 2 is 2.33 bits per heavy atom. The van der Waals surface area contributed by atoms with Gasteiger partial charge >= 0.3 is 0 Å². The Morgan fingerprint density at radius 3 is 2.75 bits per heavy atom. The summed E-state index contributed by atoms with van der Waals surface area (Å²) in [5, 5.41) is 0. The second kappa shape index (κ2) is 4.44. The van der Waals surface area contributed by atoms with Crippen molar-refractivity contribution in [1.29, 1.82) is 0 Å². The molecule has 1 aliphatic rings. The summed E-state index contributed by atoms with van der Waals surface area (Å²) < 4.78 is 0. The first-order chi connectivity index (χ1) is 5.77. The van der Waals surface area contributed by atoms with Crippen LogP contribution in [0.1, 0.15) is 46.0 Å². The number of hydrogen-bond donors (Lipinski definition) is 0. The summed E-state index contributed by atoms with van der Waals surface area (Å²) in [7, 11) is 0. The monoisotopic (exact) mass is 166 g/mol. The van der Waals surface area contributed by atoms with E-state index in [-0.39, 0.29) is 0 Å². The van der Waals surface area contributed by atoms with E-state index in [2.05, 4.69) is 13.0 Å². The smallest absolute Gasteiger partial charge is 0.158 e. The molecule has 1 aliphatic carbocycles. The highest BCUT2D eigenvalue weighted by molar-refractivity contribution is 5.95. The summed E-state index contributed by atoms with van der Waals surface area (Å²) in [5.41, 5.74) is 1.09. The number of hydrogen-bond acceptors (Lipinski definition) is 1. The van der Waals surface area contributed by atoms with Crippen LogP contribution in [0.15, 0.2) is 11.6 Å². The fourth-order valence-electron chi connectivity index (χ4n) is 1.74. The highest BCUT2D eigenvalue weighted by atomic mass is 16.1. The zero-order valence-electron chi connectivity index (χ0n) is 8.10.